The summed E-state index contributed by atoms with van der Waals surface area (Å²) < 4.78 is 36.3. The smallest absolute Gasteiger partial charge is 0.243 e. The molecule has 8 heteroatoms. The fraction of sp³-hybridized carbons (Fsp3) is 0.562. The highest BCUT2D eigenvalue weighted by atomic mass is 32.2. The Kier molecular flexibility index (Phi) is 6.06. The van der Waals surface area contributed by atoms with E-state index in [0.29, 0.717) is 37.7 Å². The average molecular weight is 356 g/mol. The van der Waals surface area contributed by atoms with Crippen LogP contribution in [0.5, 0.6) is 5.75 Å². The molecule has 0 bridgehead atoms. The number of morpholine rings is 1. The third-order valence-corrected chi connectivity index (χ3v) is 4.66. The number of amides is 1. The second kappa shape index (κ2) is 7.85. The molecule has 1 amide bonds. The number of nitrogens with zero attached hydrogens (tertiary/aromatic N) is 2. The van der Waals surface area contributed by atoms with E-state index in [1.807, 2.05) is 13.8 Å². The van der Waals surface area contributed by atoms with E-state index in [2.05, 4.69) is 0 Å². The Balaban J connectivity index is 2.21. The van der Waals surface area contributed by atoms with Crippen LogP contribution in [0.25, 0.3) is 0 Å². The maximum atomic E-state index is 12.4. The monoisotopic (exact) mass is 356 g/mol. The Morgan fingerprint density at radius 3 is 2.58 bits per heavy atom. The fourth-order valence-electron chi connectivity index (χ4n) is 2.42. The lowest BCUT2D eigenvalue weighted by Gasteiger charge is -2.30. The van der Waals surface area contributed by atoms with Crippen LogP contribution in [0.3, 0.4) is 0 Å². The van der Waals surface area contributed by atoms with Gasteiger partial charge in [-0.2, -0.15) is 0 Å². The molecular formula is C16H24N2O5S. The number of ether oxygens (including phenoxy) is 2. The van der Waals surface area contributed by atoms with Gasteiger partial charge in [-0.05, 0) is 26.0 Å². The normalized spacial score (nSPS) is 15.4. The van der Waals surface area contributed by atoms with E-state index >= 15 is 0 Å². The number of sulfonamides is 1. The van der Waals surface area contributed by atoms with Crippen LogP contribution >= 0.6 is 0 Å². The van der Waals surface area contributed by atoms with E-state index in [0.717, 1.165) is 10.6 Å². The van der Waals surface area contributed by atoms with Gasteiger partial charge in [-0.15, -0.1) is 0 Å². The third-order valence-electron chi connectivity index (χ3n) is 3.52. The second-order valence-corrected chi connectivity index (χ2v) is 7.83. The van der Waals surface area contributed by atoms with E-state index in [4.69, 9.17) is 9.47 Å². The molecule has 1 aliphatic heterocycles. The molecule has 0 radical (unpaired) electrons. The van der Waals surface area contributed by atoms with Gasteiger partial charge >= 0.3 is 0 Å². The Morgan fingerprint density at radius 1 is 1.33 bits per heavy atom. The predicted molar refractivity (Wildman–Crippen MR) is 91.8 cm³/mol. The van der Waals surface area contributed by atoms with Gasteiger partial charge in [0.2, 0.25) is 15.9 Å². The minimum absolute atomic E-state index is 0.0260. The van der Waals surface area contributed by atoms with Gasteiger partial charge in [0, 0.05) is 19.2 Å². The molecule has 0 N–H and O–H groups in total. The molecule has 0 unspecified atom stereocenters. The molecule has 1 fully saturated rings. The van der Waals surface area contributed by atoms with E-state index in [-0.39, 0.29) is 18.6 Å². The van der Waals surface area contributed by atoms with E-state index in [1.54, 1.807) is 29.2 Å². The maximum absolute atomic E-state index is 12.4. The molecule has 1 saturated heterocycles. The molecule has 7 nitrogen and oxygen atoms in total. The standard InChI is InChI=1S/C16H24N2O5S/c1-13(2)23-15-6-4-5-14(11-15)18(24(3,20)21)12-16(19)17-7-9-22-10-8-17/h4-6,11,13H,7-10,12H2,1-3H3. The minimum atomic E-state index is -3.60. The van der Waals surface area contributed by atoms with E-state index in [9.17, 15) is 13.2 Å². The van der Waals surface area contributed by atoms with Crippen molar-refractivity contribution in [1.82, 2.24) is 4.90 Å². The van der Waals surface area contributed by atoms with Crippen LogP contribution in [0.4, 0.5) is 5.69 Å². The summed E-state index contributed by atoms with van der Waals surface area (Å²) >= 11 is 0. The zero-order chi connectivity index (χ0) is 17.7. The van der Waals surface area contributed by atoms with Crippen molar-refractivity contribution in [1.29, 1.82) is 0 Å². The number of anilines is 1. The first-order valence-electron chi connectivity index (χ1n) is 7.87. The van der Waals surface area contributed by atoms with Crippen LogP contribution in [-0.4, -0.2) is 64.4 Å². The summed E-state index contributed by atoms with van der Waals surface area (Å²) in [6, 6.07) is 6.76. The van der Waals surface area contributed by atoms with Crippen molar-refractivity contribution in [3.05, 3.63) is 24.3 Å². The number of rotatable bonds is 6. The van der Waals surface area contributed by atoms with Gasteiger partial charge in [0.05, 0.1) is 31.3 Å². The van der Waals surface area contributed by atoms with Gasteiger partial charge in [0.15, 0.2) is 0 Å². The Labute approximate surface area is 143 Å². The van der Waals surface area contributed by atoms with Crippen LogP contribution < -0.4 is 9.04 Å². The lowest BCUT2D eigenvalue weighted by Crippen LogP contribution is -2.47. The summed E-state index contributed by atoms with van der Waals surface area (Å²) in [5.74, 6) is 0.328. The largest absolute Gasteiger partial charge is 0.491 e. The Bertz CT molecular complexity index is 669. The summed E-state index contributed by atoms with van der Waals surface area (Å²) in [7, 11) is -3.60. The van der Waals surface area contributed by atoms with Gasteiger partial charge in [-0.1, -0.05) is 6.07 Å². The van der Waals surface area contributed by atoms with Crippen molar-refractivity contribution in [2.45, 2.75) is 20.0 Å². The number of hydrogen-bond acceptors (Lipinski definition) is 5. The molecule has 24 heavy (non-hydrogen) atoms. The molecule has 0 atom stereocenters. The fourth-order valence-corrected chi connectivity index (χ4v) is 3.26. The highest BCUT2D eigenvalue weighted by Gasteiger charge is 2.25. The summed E-state index contributed by atoms with van der Waals surface area (Å²) in [4.78, 5) is 14.0. The molecule has 0 aliphatic carbocycles. The van der Waals surface area contributed by atoms with Gasteiger partial charge < -0.3 is 14.4 Å². The molecular weight excluding hydrogens is 332 g/mol. The highest BCUT2D eigenvalue weighted by Crippen LogP contribution is 2.24. The first-order chi connectivity index (χ1) is 11.3. The quantitative estimate of drug-likeness (QED) is 0.763. The summed E-state index contributed by atoms with van der Waals surface area (Å²) in [6.07, 6.45) is 1.07. The van der Waals surface area contributed by atoms with Crippen molar-refractivity contribution >= 4 is 21.6 Å². The first kappa shape index (κ1) is 18.5. The van der Waals surface area contributed by atoms with Crippen LogP contribution in [0.2, 0.25) is 0 Å². The lowest BCUT2D eigenvalue weighted by molar-refractivity contribution is -0.133. The van der Waals surface area contributed by atoms with Crippen molar-refractivity contribution in [2.75, 3.05) is 43.4 Å². The molecule has 1 heterocycles. The van der Waals surface area contributed by atoms with Crippen molar-refractivity contribution < 1.29 is 22.7 Å². The Morgan fingerprint density at radius 2 is 2.00 bits per heavy atom. The van der Waals surface area contributed by atoms with Gasteiger partial charge in [-0.25, -0.2) is 8.42 Å². The average Bonchev–Trinajstić information content (AvgIpc) is 2.51. The van der Waals surface area contributed by atoms with Crippen LogP contribution in [-0.2, 0) is 19.6 Å². The second-order valence-electron chi connectivity index (χ2n) is 5.93. The van der Waals surface area contributed by atoms with Crippen molar-refractivity contribution in [2.24, 2.45) is 0 Å². The lowest BCUT2D eigenvalue weighted by atomic mass is 10.3. The highest BCUT2D eigenvalue weighted by molar-refractivity contribution is 7.92. The first-order valence-corrected chi connectivity index (χ1v) is 9.72. The third kappa shape index (κ3) is 5.10. The Hall–Kier alpha value is -1.80. The summed E-state index contributed by atoms with van der Waals surface area (Å²) in [5, 5.41) is 0. The molecule has 1 aliphatic rings. The molecule has 1 aromatic carbocycles. The molecule has 0 spiro atoms. The minimum Gasteiger partial charge on any atom is -0.491 e. The van der Waals surface area contributed by atoms with Gasteiger partial charge in [-0.3, -0.25) is 9.10 Å². The number of carbonyl (C=O) groups excluding carboxylic acids is 1. The van der Waals surface area contributed by atoms with Crippen LogP contribution in [0.15, 0.2) is 24.3 Å². The number of carbonyl (C=O) groups is 1. The molecule has 2 rings (SSSR count). The zero-order valence-electron chi connectivity index (χ0n) is 14.3. The predicted octanol–water partition coefficient (Wildman–Crippen LogP) is 1.10. The molecule has 0 saturated carbocycles. The zero-order valence-corrected chi connectivity index (χ0v) is 15.1. The van der Waals surface area contributed by atoms with Crippen molar-refractivity contribution in [3.63, 3.8) is 0 Å². The molecule has 0 aromatic heterocycles. The van der Waals surface area contributed by atoms with Gasteiger partial charge in [0.25, 0.3) is 0 Å². The summed E-state index contributed by atoms with van der Waals surface area (Å²) in [6.45, 7) is 5.46. The van der Waals surface area contributed by atoms with Crippen LogP contribution in [0.1, 0.15) is 13.8 Å². The van der Waals surface area contributed by atoms with Gasteiger partial charge in [0.1, 0.15) is 12.3 Å². The van der Waals surface area contributed by atoms with E-state index < -0.39 is 10.0 Å². The SMILES string of the molecule is CC(C)Oc1cccc(N(CC(=O)N2CCOCC2)S(C)(=O)=O)c1. The molecule has 1 aromatic rings. The van der Waals surface area contributed by atoms with Crippen molar-refractivity contribution in [3.8, 4) is 5.75 Å². The topological polar surface area (TPSA) is 76.2 Å². The number of hydrogen-bond donors (Lipinski definition) is 0. The maximum Gasteiger partial charge on any atom is 0.243 e. The van der Waals surface area contributed by atoms with Crippen LogP contribution in [0, 0.1) is 0 Å². The summed E-state index contributed by atoms with van der Waals surface area (Å²) in [5.41, 5.74) is 0.414. The molecule has 134 valence electrons. The van der Waals surface area contributed by atoms with E-state index in [1.165, 1.54) is 0 Å². The number of benzene rings is 1.